The first-order valence-electron chi connectivity index (χ1n) is 5.23. The van der Waals surface area contributed by atoms with Gasteiger partial charge in [0.05, 0.1) is 20.8 Å². The molecule has 0 saturated carbocycles. The van der Waals surface area contributed by atoms with Gasteiger partial charge in [-0.15, -0.1) is 11.3 Å². The number of halogens is 3. The van der Waals surface area contributed by atoms with Crippen molar-refractivity contribution in [2.45, 2.75) is 0 Å². The van der Waals surface area contributed by atoms with Crippen molar-refractivity contribution < 1.29 is 4.79 Å². The van der Waals surface area contributed by atoms with Crippen molar-refractivity contribution >= 4 is 63.8 Å². The van der Waals surface area contributed by atoms with Gasteiger partial charge >= 0.3 is 0 Å². The van der Waals surface area contributed by atoms with Gasteiger partial charge in [-0.3, -0.25) is 4.79 Å². The third kappa shape index (κ3) is 3.98. The summed E-state index contributed by atoms with van der Waals surface area (Å²) < 4.78 is 0. The van der Waals surface area contributed by atoms with E-state index < -0.39 is 0 Å². The van der Waals surface area contributed by atoms with E-state index in [0.717, 1.165) is 4.88 Å². The van der Waals surface area contributed by atoms with Gasteiger partial charge in [-0.25, -0.2) is 0 Å². The molecule has 0 fully saturated rings. The Bertz CT molecular complexity index is 623. The van der Waals surface area contributed by atoms with Crippen LogP contribution < -0.4 is 5.32 Å². The molecule has 1 aromatic carbocycles. The molecule has 1 heterocycles. The molecule has 0 aliphatic rings. The van der Waals surface area contributed by atoms with Gasteiger partial charge in [0.2, 0.25) is 5.91 Å². The van der Waals surface area contributed by atoms with Crippen LogP contribution in [0.2, 0.25) is 15.1 Å². The largest absolute Gasteiger partial charge is 0.321 e. The molecular formula is C13H8Cl3NOS. The maximum atomic E-state index is 11.7. The van der Waals surface area contributed by atoms with Gasteiger partial charge in [-0.05, 0) is 29.7 Å². The highest BCUT2D eigenvalue weighted by molar-refractivity contribution is 7.10. The van der Waals surface area contributed by atoms with Crippen LogP contribution in [-0.2, 0) is 4.79 Å². The number of anilines is 1. The molecule has 0 bridgehead atoms. The Morgan fingerprint density at radius 2 is 1.89 bits per heavy atom. The Labute approximate surface area is 129 Å². The minimum absolute atomic E-state index is 0.284. The fraction of sp³-hybridized carbons (Fsp3) is 0. The molecule has 0 unspecified atom stereocenters. The van der Waals surface area contributed by atoms with Crippen LogP contribution in [0.1, 0.15) is 4.88 Å². The van der Waals surface area contributed by atoms with Gasteiger partial charge in [0.1, 0.15) is 0 Å². The summed E-state index contributed by atoms with van der Waals surface area (Å²) >= 11 is 19.2. The van der Waals surface area contributed by atoms with Gasteiger partial charge in [-0.2, -0.15) is 0 Å². The SMILES string of the molecule is O=C(C=Cc1cccs1)Nc1cc(Cl)c(Cl)cc1Cl. The molecule has 1 amide bonds. The van der Waals surface area contributed by atoms with Crippen LogP contribution in [0.5, 0.6) is 0 Å². The van der Waals surface area contributed by atoms with Crippen LogP contribution >= 0.6 is 46.1 Å². The smallest absolute Gasteiger partial charge is 0.248 e. The zero-order valence-electron chi connectivity index (χ0n) is 9.49. The number of rotatable bonds is 3. The van der Waals surface area contributed by atoms with Crippen molar-refractivity contribution in [2.24, 2.45) is 0 Å². The molecule has 0 aliphatic heterocycles. The summed E-state index contributed by atoms with van der Waals surface area (Å²) in [5.41, 5.74) is 0.428. The Morgan fingerprint density at radius 3 is 2.58 bits per heavy atom. The predicted octanol–water partition coefficient (Wildman–Crippen LogP) is 5.36. The van der Waals surface area contributed by atoms with Crippen molar-refractivity contribution in [1.29, 1.82) is 0 Å². The zero-order valence-corrected chi connectivity index (χ0v) is 12.6. The van der Waals surface area contributed by atoms with E-state index in [4.69, 9.17) is 34.8 Å². The van der Waals surface area contributed by atoms with Crippen LogP contribution in [0.3, 0.4) is 0 Å². The second-order valence-electron chi connectivity index (χ2n) is 3.58. The summed E-state index contributed by atoms with van der Waals surface area (Å²) in [5.74, 6) is -0.284. The van der Waals surface area contributed by atoms with Crippen molar-refractivity contribution in [3.63, 3.8) is 0 Å². The molecule has 98 valence electrons. The Hall–Kier alpha value is -1.000. The van der Waals surface area contributed by atoms with E-state index in [9.17, 15) is 4.79 Å². The Morgan fingerprint density at radius 1 is 1.16 bits per heavy atom. The first kappa shape index (κ1) is 14.4. The minimum atomic E-state index is -0.284. The van der Waals surface area contributed by atoms with E-state index in [2.05, 4.69) is 5.32 Å². The molecular weight excluding hydrogens is 325 g/mol. The van der Waals surface area contributed by atoms with Gasteiger partial charge in [-0.1, -0.05) is 40.9 Å². The van der Waals surface area contributed by atoms with Gasteiger partial charge in [0, 0.05) is 11.0 Å². The molecule has 0 saturated heterocycles. The number of nitrogens with one attached hydrogen (secondary N) is 1. The molecule has 0 radical (unpaired) electrons. The van der Waals surface area contributed by atoms with E-state index in [1.807, 2.05) is 17.5 Å². The van der Waals surface area contributed by atoms with Crippen LogP contribution in [0.4, 0.5) is 5.69 Å². The number of hydrogen-bond donors (Lipinski definition) is 1. The quantitative estimate of drug-likeness (QED) is 0.595. The van der Waals surface area contributed by atoms with E-state index in [1.54, 1.807) is 17.4 Å². The standard InChI is InChI=1S/C13H8Cl3NOS/c14-9-6-11(16)12(7-10(9)15)17-13(18)4-3-8-2-1-5-19-8/h1-7H,(H,17,18). The topological polar surface area (TPSA) is 29.1 Å². The minimum Gasteiger partial charge on any atom is -0.321 e. The second-order valence-corrected chi connectivity index (χ2v) is 5.79. The number of carbonyl (C=O) groups is 1. The summed E-state index contributed by atoms with van der Waals surface area (Å²) in [6.07, 6.45) is 3.16. The van der Waals surface area contributed by atoms with Crippen molar-refractivity contribution in [3.8, 4) is 0 Å². The number of thiophene rings is 1. The van der Waals surface area contributed by atoms with Gasteiger partial charge in [0.25, 0.3) is 0 Å². The average molecular weight is 333 g/mol. The third-order valence-corrected chi connectivity index (χ3v) is 4.08. The molecule has 1 aromatic heterocycles. The lowest BCUT2D eigenvalue weighted by atomic mass is 10.3. The van der Waals surface area contributed by atoms with Gasteiger partial charge < -0.3 is 5.32 Å². The first-order chi connectivity index (χ1) is 9.06. The first-order valence-corrected chi connectivity index (χ1v) is 7.25. The summed E-state index contributed by atoms with van der Waals surface area (Å²) in [7, 11) is 0. The van der Waals surface area contributed by atoms with Crippen LogP contribution in [0, 0.1) is 0 Å². The predicted molar refractivity (Wildman–Crippen MR) is 83.5 cm³/mol. The van der Waals surface area contributed by atoms with E-state index >= 15 is 0 Å². The number of hydrogen-bond acceptors (Lipinski definition) is 2. The Balaban J connectivity index is 2.09. The van der Waals surface area contributed by atoms with E-state index in [1.165, 1.54) is 18.2 Å². The lowest BCUT2D eigenvalue weighted by molar-refractivity contribution is -0.111. The van der Waals surface area contributed by atoms with E-state index in [0.29, 0.717) is 20.8 Å². The average Bonchev–Trinajstić information content (AvgIpc) is 2.86. The normalized spacial score (nSPS) is 10.9. The molecule has 6 heteroatoms. The van der Waals surface area contributed by atoms with E-state index in [-0.39, 0.29) is 5.91 Å². The lowest BCUT2D eigenvalue weighted by Gasteiger charge is -2.06. The second kappa shape index (κ2) is 6.44. The maximum Gasteiger partial charge on any atom is 0.248 e. The summed E-state index contributed by atoms with van der Waals surface area (Å²) in [6, 6.07) is 6.84. The monoisotopic (exact) mass is 331 g/mol. The number of benzene rings is 1. The molecule has 2 rings (SSSR count). The number of amides is 1. The molecule has 2 nitrogen and oxygen atoms in total. The highest BCUT2D eigenvalue weighted by Gasteiger charge is 2.07. The fourth-order valence-corrected chi connectivity index (χ4v) is 2.55. The van der Waals surface area contributed by atoms with Gasteiger partial charge in [0.15, 0.2) is 0 Å². The van der Waals surface area contributed by atoms with Crippen molar-refractivity contribution in [2.75, 3.05) is 5.32 Å². The highest BCUT2D eigenvalue weighted by Crippen LogP contribution is 2.32. The molecule has 0 aliphatic carbocycles. The molecule has 2 aromatic rings. The van der Waals surface area contributed by atoms with Crippen LogP contribution in [-0.4, -0.2) is 5.91 Å². The summed E-state index contributed by atoms with van der Waals surface area (Å²) in [5, 5.41) is 5.61. The molecule has 1 N–H and O–H groups in total. The van der Waals surface area contributed by atoms with Crippen molar-refractivity contribution in [1.82, 2.24) is 0 Å². The lowest BCUT2D eigenvalue weighted by Crippen LogP contribution is -2.08. The van der Waals surface area contributed by atoms with Crippen LogP contribution in [0.25, 0.3) is 6.08 Å². The fourth-order valence-electron chi connectivity index (χ4n) is 1.34. The van der Waals surface area contributed by atoms with Crippen molar-refractivity contribution in [3.05, 3.63) is 55.7 Å². The molecule has 19 heavy (non-hydrogen) atoms. The summed E-state index contributed by atoms with van der Waals surface area (Å²) in [4.78, 5) is 12.7. The van der Waals surface area contributed by atoms with Crippen LogP contribution in [0.15, 0.2) is 35.7 Å². The molecule has 0 atom stereocenters. The Kier molecular flexibility index (Phi) is 4.88. The zero-order chi connectivity index (χ0) is 13.8. The summed E-state index contributed by atoms with van der Waals surface area (Å²) in [6.45, 7) is 0. The third-order valence-electron chi connectivity index (χ3n) is 2.21. The molecule has 0 spiro atoms. The highest BCUT2D eigenvalue weighted by atomic mass is 35.5. The maximum absolute atomic E-state index is 11.7. The number of carbonyl (C=O) groups excluding carboxylic acids is 1.